The van der Waals surface area contributed by atoms with Gasteiger partial charge in [0.05, 0.1) is 0 Å². The number of benzene rings is 1. The van der Waals surface area contributed by atoms with E-state index in [9.17, 15) is 0 Å². The van der Waals surface area contributed by atoms with Gasteiger partial charge in [0.25, 0.3) is 0 Å². The Hall–Kier alpha value is -1.04. The van der Waals surface area contributed by atoms with Crippen LogP contribution >= 0.6 is 0 Å². The Labute approximate surface area is 136 Å². The maximum atomic E-state index is 4.07. The molecule has 1 aromatic rings. The Morgan fingerprint density at radius 2 is 1.95 bits per heavy atom. The molecule has 0 spiro atoms. The van der Waals surface area contributed by atoms with Gasteiger partial charge in [-0.2, -0.15) is 0 Å². The van der Waals surface area contributed by atoms with Gasteiger partial charge in [-0.3, -0.25) is 0 Å². The van der Waals surface area contributed by atoms with Crippen molar-refractivity contribution in [2.45, 2.75) is 57.8 Å². The topological polar surface area (TPSA) is 0 Å². The van der Waals surface area contributed by atoms with Crippen molar-refractivity contribution < 1.29 is 0 Å². The molecule has 3 aliphatic rings. The predicted molar refractivity (Wildman–Crippen MR) is 93.7 cm³/mol. The minimum absolute atomic E-state index is 0.658. The summed E-state index contributed by atoms with van der Waals surface area (Å²) in [4.78, 5) is 0. The monoisotopic (exact) mass is 294 g/mol. The molecule has 3 aliphatic carbocycles. The molecule has 0 heteroatoms. The highest BCUT2D eigenvalue weighted by Gasteiger charge is 2.60. The summed E-state index contributed by atoms with van der Waals surface area (Å²) in [5.41, 5.74) is 2.20. The zero-order chi connectivity index (χ0) is 15.0. The largest absolute Gasteiger partial charge is 0.103 e. The smallest absolute Gasteiger partial charge is 0.0204 e. The zero-order valence-electron chi connectivity index (χ0n) is 13.8. The van der Waals surface area contributed by atoms with Gasteiger partial charge in [0, 0.05) is 0 Å². The predicted octanol–water partition coefficient (Wildman–Crippen LogP) is 6.03. The lowest BCUT2D eigenvalue weighted by Gasteiger charge is -2.41. The summed E-state index contributed by atoms with van der Waals surface area (Å²) in [6.07, 6.45) is 15.2. The Morgan fingerprint density at radius 3 is 2.77 bits per heavy atom. The van der Waals surface area contributed by atoms with Crippen LogP contribution in [0.4, 0.5) is 0 Å². The van der Waals surface area contributed by atoms with E-state index in [-0.39, 0.29) is 0 Å². The lowest BCUT2D eigenvalue weighted by Crippen LogP contribution is -2.35. The van der Waals surface area contributed by atoms with Crippen LogP contribution in [0, 0.1) is 29.1 Å². The van der Waals surface area contributed by atoms with Crippen molar-refractivity contribution in [3.63, 3.8) is 0 Å². The molecular weight excluding hydrogens is 264 g/mol. The van der Waals surface area contributed by atoms with Crippen molar-refractivity contribution in [2.75, 3.05) is 0 Å². The van der Waals surface area contributed by atoms with E-state index < -0.39 is 0 Å². The molecule has 22 heavy (non-hydrogen) atoms. The fourth-order valence-corrected chi connectivity index (χ4v) is 6.75. The fraction of sp³-hybridized carbons (Fsp3) is 0.636. The van der Waals surface area contributed by atoms with Gasteiger partial charge >= 0.3 is 0 Å². The summed E-state index contributed by atoms with van der Waals surface area (Å²) in [7, 11) is 0. The first kappa shape index (κ1) is 14.5. The van der Waals surface area contributed by atoms with E-state index in [2.05, 4.69) is 43.0 Å². The molecule has 0 amide bonds. The van der Waals surface area contributed by atoms with Crippen LogP contribution in [0.25, 0.3) is 0 Å². The molecule has 0 saturated heterocycles. The first-order valence-electron chi connectivity index (χ1n) is 9.49. The van der Waals surface area contributed by atoms with Crippen molar-refractivity contribution in [3.8, 4) is 0 Å². The summed E-state index contributed by atoms with van der Waals surface area (Å²) >= 11 is 0. The number of hydrogen-bond donors (Lipinski definition) is 0. The van der Waals surface area contributed by atoms with Crippen LogP contribution in [-0.4, -0.2) is 0 Å². The molecule has 3 fully saturated rings. The van der Waals surface area contributed by atoms with E-state index in [0.717, 1.165) is 23.7 Å². The summed E-state index contributed by atoms with van der Waals surface area (Å²) in [6.45, 7) is 4.07. The summed E-state index contributed by atoms with van der Waals surface area (Å²) < 4.78 is 0. The van der Waals surface area contributed by atoms with Crippen LogP contribution in [-0.2, 0) is 6.42 Å². The standard InChI is InChI=1S/C22H30/c1-2-7-19-12-13-20-16-18-10-6-11-21(18)22(19,20)15-14-17-8-4-3-5-9-17/h2-5,8-9,18-21H,1,6-7,10-16H2. The molecule has 0 heterocycles. The van der Waals surface area contributed by atoms with Crippen LogP contribution in [0.3, 0.4) is 0 Å². The molecule has 4 rings (SSSR count). The summed E-state index contributed by atoms with van der Waals surface area (Å²) in [5, 5.41) is 0. The van der Waals surface area contributed by atoms with E-state index in [0.29, 0.717) is 5.41 Å². The number of fused-ring (bicyclic) bond motifs is 3. The highest BCUT2D eigenvalue weighted by atomic mass is 14.6. The molecule has 1 aromatic carbocycles. The molecule has 118 valence electrons. The van der Waals surface area contributed by atoms with Gasteiger partial charge in [-0.25, -0.2) is 0 Å². The van der Waals surface area contributed by atoms with Crippen LogP contribution in [0.5, 0.6) is 0 Å². The number of rotatable bonds is 5. The highest BCUT2D eigenvalue weighted by molar-refractivity contribution is 5.17. The second-order valence-electron chi connectivity index (χ2n) is 8.13. The molecule has 0 bridgehead atoms. The van der Waals surface area contributed by atoms with Crippen molar-refractivity contribution >= 4 is 0 Å². The molecule has 0 aromatic heterocycles. The molecule has 3 saturated carbocycles. The summed E-state index contributed by atoms with van der Waals surface area (Å²) in [5.74, 6) is 4.05. The molecular formula is C22H30. The lowest BCUT2D eigenvalue weighted by atomic mass is 9.63. The van der Waals surface area contributed by atoms with Gasteiger partial charge in [-0.1, -0.05) is 49.2 Å². The Morgan fingerprint density at radius 1 is 1.09 bits per heavy atom. The van der Waals surface area contributed by atoms with Gasteiger partial charge in [0.1, 0.15) is 0 Å². The fourth-order valence-electron chi connectivity index (χ4n) is 6.75. The molecule has 0 N–H and O–H groups in total. The number of hydrogen-bond acceptors (Lipinski definition) is 0. The molecule has 0 aliphatic heterocycles. The van der Waals surface area contributed by atoms with Crippen LogP contribution in [0.2, 0.25) is 0 Å². The zero-order valence-corrected chi connectivity index (χ0v) is 13.8. The van der Waals surface area contributed by atoms with Crippen LogP contribution < -0.4 is 0 Å². The Bertz CT molecular complexity index is 516. The van der Waals surface area contributed by atoms with E-state index in [1.165, 1.54) is 51.4 Å². The molecule has 5 unspecified atom stereocenters. The maximum Gasteiger partial charge on any atom is -0.0204 e. The lowest BCUT2D eigenvalue weighted by molar-refractivity contribution is 0.0780. The molecule has 0 radical (unpaired) electrons. The molecule has 5 atom stereocenters. The van der Waals surface area contributed by atoms with Gasteiger partial charge in [0.2, 0.25) is 0 Å². The second kappa shape index (κ2) is 5.87. The van der Waals surface area contributed by atoms with E-state index in [4.69, 9.17) is 0 Å². The first-order chi connectivity index (χ1) is 10.8. The van der Waals surface area contributed by atoms with Gasteiger partial charge < -0.3 is 0 Å². The first-order valence-corrected chi connectivity index (χ1v) is 9.49. The molecule has 0 nitrogen and oxygen atoms in total. The third kappa shape index (κ3) is 2.18. The van der Waals surface area contributed by atoms with E-state index in [1.807, 2.05) is 0 Å². The van der Waals surface area contributed by atoms with Gasteiger partial charge in [0.15, 0.2) is 0 Å². The minimum atomic E-state index is 0.658. The van der Waals surface area contributed by atoms with Gasteiger partial charge in [-0.15, -0.1) is 6.58 Å². The third-order valence-corrected chi connectivity index (χ3v) is 7.46. The Balaban J connectivity index is 1.61. The van der Waals surface area contributed by atoms with Crippen molar-refractivity contribution in [3.05, 3.63) is 48.6 Å². The van der Waals surface area contributed by atoms with Crippen molar-refractivity contribution in [1.29, 1.82) is 0 Å². The quantitative estimate of drug-likeness (QED) is 0.582. The van der Waals surface area contributed by atoms with Crippen molar-refractivity contribution in [2.24, 2.45) is 29.1 Å². The third-order valence-electron chi connectivity index (χ3n) is 7.46. The summed E-state index contributed by atoms with van der Waals surface area (Å²) in [6, 6.07) is 11.2. The van der Waals surface area contributed by atoms with Gasteiger partial charge in [-0.05, 0) is 79.6 Å². The number of allylic oxidation sites excluding steroid dienone is 1. The highest BCUT2D eigenvalue weighted by Crippen LogP contribution is 2.68. The Kier molecular flexibility index (Phi) is 3.88. The average molecular weight is 294 g/mol. The van der Waals surface area contributed by atoms with Crippen molar-refractivity contribution in [1.82, 2.24) is 0 Å². The van der Waals surface area contributed by atoms with Crippen LogP contribution in [0.15, 0.2) is 43.0 Å². The average Bonchev–Trinajstić information content (AvgIpc) is 3.19. The second-order valence-corrected chi connectivity index (χ2v) is 8.13. The number of aryl methyl sites for hydroxylation is 1. The van der Waals surface area contributed by atoms with E-state index in [1.54, 1.807) is 12.0 Å². The maximum absolute atomic E-state index is 4.07. The SMILES string of the molecule is C=CCC1CCC2CC3CCCC3C12CCc1ccccc1. The normalized spacial score (nSPS) is 39.6. The van der Waals surface area contributed by atoms with Crippen LogP contribution in [0.1, 0.15) is 56.9 Å². The van der Waals surface area contributed by atoms with E-state index >= 15 is 0 Å². The minimum Gasteiger partial charge on any atom is -0.103 e.